The molecule has 0 bridgehead atoms. The molecule has 0 radical (unpaired) electrons. The zero-order valence-corrected chi connectivity index (χ0v) is 7.05. The van der Waals surface area contributed by atoms with Gasteiger partial charge in [-0.1, -0.05) is 42.5 Å². The maximum Gasteiger partial charge on any atom is 0.0480 e. The number of benzene rings is 1. The highest BCUT2D eigenvalue weighted by atomic mass is 32.2. The molecule has 0 saturated carbocycles. The van der Waals surface area contributed by atoms with Gasteiger partial charge in [-0.25, -0.2) is 0 Å². The summed E-state index contributed by atoms with van der Waals surface area (Å²) in [5.74, 6) is 1.17. The number of hydrogen-bond acceptors (Lipinski definition) is 1. The summed E-state index contributed by atoms with van der Waals surface area (Å²) in [6.45, 7) is 0. The number of thioether (sulfide) groups is 1. The lowest BCUT2D eigenvalue weighted by molar-refractivity contribution is 1.25. The highest BCUT2D eigenvalue weighted by Gasteiger charge is 2.10. The second-order valence-electron chi connectivity index (χ2n) is 2.59. The van der Waals surface area contributed by atoms with Crippen LogP contribution in [0.15, 0.2) is 42.5 Å². The highest BCUT2D eigenvalue weighted by molar-refractivity contribution is 8.00. The zero-order chi connectivity index (χ0) is 7.52. The fourth-order valence-electron chi connectivity index (χ4n) is 1.24. The Morgan fingerprint density at radius 2 is 2.00 bits per heavy atom. The average molecular weight is 162 g/mol. The molecule has 1 atom stereocenters. The van der Waals surface area contributed by atoms with Gasteiger partial charge in [-0.3, -0.25) is 0 Å². The molecule has 0 amide bonds. The molecule has 1 heterocycles. The minimum atomic E-state index is 0.608. The van der Waals surface area contributed by atoms with E-state index in [2.05, 4.69) is 42.5 Å². The number of hydrogen-bond donors (Lipinski definition) is 0. The molecule has 0 aliphatic carbocycles. The van der Waals surface area contributed by atoms with Crippen LogP contribution in [0, 0.1) is 0 Å². The SMILES string of the molecule is C1=CC(c2ccccc2)SC1. The van der Waals surface area contributed by atoms with Gasteiger partial charge in [0.05, 0.1) is 0 Å². The van der Waals surface area contributed by atoms with Crippen LogP contribution in [-0.4, -0.2) is 5.75 Å². The molecular weight excluding hydrogens is 152 g/mol. The minimum absolute atomic E-state index is 0.608. The molecule has 0 aromatic heterocycles. The Kier molecular flexibility index (Phi) is 1.99. The molecule has 1 unspecified atom stereocenters. The first-order valence-corrected chi connectivity index (χ1v) is 4.85. The Hall–Kier alpha value is -0.690. The van der Waals surface area contributed by atoms with Crippen molar-refractivity contribution in [2.45, 2.75) is 5.25 Å². The van der Waals surface area contributed by atoms with Gasteiger partial charge in [0.25, 0.3) is 0 Å². The Morgan fingerprint density at radius 1 is 1.18 bits per heavy atom. The Morgan fingerprint density at radius 3 is 2.64 bits per heavy atom. The van der Waals surface area contributed by atoms with Crippen molar-refractivity contribution in [1.82, 2.24) is 0 Å². The summed E-state index contributed by atoms with van der Waals surface area (Å²) in [4.78, 5) is 0. The van der Waals surface area contributed by atoms with Gasteiger partial charge in [-0.05, 0) is 5.56 Å². The lowest BCUT2D eigenvalue weighted by Gasteiger charge is -2.05. The summed E-state index contributed by atoms with van der Waals surface area (Å²) in [6.07, 6.45) is 4.52. The Labute approximate surface area is 71.3 Å². The molecule has 0 fully saturated rings. The normalized spacial score (nSPS) is 22.4. The van der Waals surface area contributed by atoms with E-state index in [9.17, 15) is 0 Å². The molecule has 1 aromatic carbocycles. The third kappa shape index (κ3) is 1.48. The molecule has 1 aliphatic heterocycles. The van der Waals surface area contributed by atoms with Gasteiger partial charge >= 0.3 is 0 Å². The Bertz CT molecular complexity index is 251. The summed E-state index contributed by atoms with van der Waals surface area (Å²) in [6, 6.07) is 10.6. The van der Waals surface area contributed by atoms with Crippen molar-refractivity contribution >= 4 is 11.8 Å². The largest absolute Gasteiger partial charge is 0.145 e. The summed E-state index contributed by atoms with van der Waals surface area (Å²) in [5, 5.41) is 0.608. The predicted molar refractivity (Wildman–Crippen MR) is 50.8 cm³/mol. The number of rotatable bonds is 1. The van der Waals surface area contributed by atoms with E-state index < -0.39 is 0 Å². The average Bonchev–Trinajstić information content (AvgIpc) is 2.58. The van der Waals surface area contributed by atoms with E-state index in [1.807, 2.05) is 11.8 Å². The smallest absolute Gasteiger partial charge is 0.0480 e. The van der Waals surface area contributed by atoms with Crippen molar-refractivity contribution in [3.63, 3.8) is 0 Å². The van der Waals surface area contributed by atoms with Crippen LogP contribution in [-0.2, 0) is 0 Å². The molecule has 11 heavy (non-hydrogen) atoms. The maximum atomic E-state index is 2.28. The Balaban J connectivity index is 2.23. The van der Waals surface area contributed by atoms with Crippen molar-refractivity contribution in [1.29, 1.82) is 0 Å². The van der Waals surface area contributed by atoms with E-state index in [0.29, 0.717) is 5.25 Å². The van der Waals surface area contributed by atoms with E-state index in [0.717, 1.165) is 0 Å². The van der Waals surface area contributed by atoms with Gasteiger partial charge < -0.3 is 0 Å². The van der Waals surface area contributed by atoms with Crippen LogP contribution in [0.4, 0.5) is 0 Å². The van der Waals surface area contributed by atoms with Crippen molar-refractivity contribution in [3.05, 3.63) is 48.0 Å². The van der Waals surface area contributed by atoms with Crippen LogP contribution >= 0.6 is 11.8 Å². The third-order valence-electron chi connectivity index (χ3n) is 1.81. The van der Waals surface area contributed by atoms with Crippen molar-refractivity contribution in [3.8, 4) is 0 Å². The van der Waals surface area contributed by atoms with E-state index in [-0.39, 0.29) is 0 Å². The van der Waals surface area contributed by atoms with Gasteiger partial charge in [-0.15, -0.1) is 11.8 Å². The van der Waals surface area contributed by atoms with Crippen LogP contribution in [0.5, 0.6) is 0 Å². The molecule has 0 saturated heterocycles. The minimum Gasteiger partial charge on any atom is -0.145 e. The van der Waals surface area contributed by atoms with Gasteiger partial charge in [0.1, 0.15) is 0 Å². The van der Waals surface area contributed by atoms with Crippen LogP contribution in [0.25, 0.3) is 0 Å². The topological polar surface area (TPSA) is 0 Å². The molecule has 0 N–H and O–H groups in total. The quantitative estimate of drug-likeness (QED) is 0.572. The molecule has 1 aliphatic rings. The maximum absolute atomic E-state index is 2.28. The van der Waals surface area contributed by atoms with E-state index in [1.165, 1.54) is 11.3 Å². The summed E-state index contributed by atoms with van der Waals surface area (Å²) < 4.78 is 0. The monoisotopic (exact) mass is 162 g/mol. The molecule has 56 valence electrons. The summed E-state index contributed by atoms with van der Waals surface area (Å²) >= 11 is 1.98. The first-order chi connectivity index (χ1) is 5.47. The lowest BCUT2D eigenvalue weighted by atomic mass is 10.1. The molecule has 0 spiro atoms. The fraction of sp³-hybridized carbons (Fsp3) is 0.200. The second kappa shape index (κ2) is 3.14. The van der Waals surface area contributed by atoms with Crippen molar-refractivity contribution < 1.29 is 0 Å². The molecule has 0 nitrogen and oxygen atoms in total. The summed E-state index contributed by atoms with van der Waals surface area (Å²) in [7, 11) is 0. The highest BCUT2D eigenvalue weighted by Crippen LogP contribution is 2.34. The predicted octanol–water partition coefficient (Wildman–Crippen LogP) is 3.03. The van der Waals surface area contributed by atoms with Gasteiger partial charge in [-0.2, -0.15) is 0 Å². The van der Waals surface area contributed by atoms with Crippen LogP contribution in [0.1, 0.15) is 10.8 Å². The lowest BCUT2D eigenvalue weighted by Crippen LogP contribution is -1.84. The van der Waals surface area contributed by atoms with Crippen LogP contribution < -0.4 is 0 Å². The van der Waals surface area contributed by atoms with Crippen LogP contribution in [0.2, 0.25) is 0 Å². The third-order valence-corrected chi connectivity index (χ3v) is 2.98. The van der Waals surface area contributed by atoms with Crippen molar-refractivity contribution in [2.75, 3.05) is 5.75 Å². The van der Waals surface area contributed by atoms with E-state index in [4.69, 9.17) is 0 Å². The zero-order valence-electron chi connectivity index (χ0n) is 6.23. The van der Waals surface area contributed by atoms with Crippen LogP contribution in [0.3, 0.4) is 0 Å². The molecule has 1 aromatic rings. The van der Waals surface area contributed by atoms with Crippen molar-refractivity contribution in [2.24, 2.45) is 0 Å². The molecule has 2 rings (SSSR count). The van der Waals surface area contributed by atoms with Gasteiger partial charge in [0, 0.05) is 11.0 Å². The molecule has 1 heteroatoms. The standard InChI is InChI=1S/C10H10S/c1-2-5-9(6-3-1)10-7-4-8-11-10/h1-7,10H,8H2. The van der Waals surface area contributed by atoms with Gasteiger partial charge in [0.2, 0.25) is 0 Å². The van der Waals surface area contributed by atoms with E-state index >= 15 is 0 Å². The van der Waals surface area contributed by atoms with Gasteiger partial charge in [0.15, 0.2) is 0 Å². The first-order valence-electron chi connectivity index (χ1n) is 3.80. The van der Waals surface area contributed by atoms with E-state index in [1.54, 1.807) is 0 Å². The second-order valence-corrected chi connectivity index (χ2v) is 3.77. The molecular formula is C10H10S. The fourth-order valence-corrected chi connectivity index (χ4v) is 2.25. The summed E-state index contributed by atoms with van der Waals surface area (Å²) in [5.41, 5.74) is 1.42. The first kappa shape index (κ1) is 6.99.